The molecular weight excluding hydrogens is 1460 g/mol. The zero-order chi connectivity index (χ0) is 77.5. The van der Waals surface area contributed by atoms with Crippen LogP contribution in [0, 0.1) is 0 Å². The number of methoxy groups -OCH3 is 1. The Hall–Kier alpha value is -12.2. The summed E-state index contributed by atoms with van der Waals surface area (Å²) in [5.74, 6) is 6.83. The Morgan fingerprint density at radius 3 is 1.08 bits per heavy atom. The van der Waals surface area contributed by atoms with Gasteiger partial charge in [0.1, 0.15) is 74.6 Å². The molecule has 27 heteroatoms. The lowest BCUT2D eigenvalue weighted by atomic mass is 9.98. The number of fused-ring (bicyclic) bond motifs is 8. The van der Waals surface area contributed by atoms with E-state index in [1.165, 1.54) is 16.7 Å². The minimum atomic E-state index is -0.222. The van der Waals surface area contributed by atoms with E-state index in [1.54, 1.807) is 31.6 Å². The van der Waals surface area contributed by atoms with E-state index in [1.807, 2.05) is 103 Å². The van der Waals surface area contributed by atoms with Gasteiger partial charge in [0.25, 0.3) is 22.2 Å². The van der Waals surface area contributed by atoms with Gasteiger partial charge in [0, 0.05) is 165 Å². The third kappa shape index (κ3) is 15.5. The maximum atomic E-state index is 12.2. The molecule has 8 aromatic carbocycles. The SMILES string of the molecule is C.CC(C)N1CCN(Cc2ccc3c(c2)-c2n[nH]c(=O)c4cccc(c24)O3)CC1.COCCN1CCN(Cc2ccc3c(c2)-c2n[nH]c(=O)c4cccc(c24)O3)CC1.O=C1CCCN(Cc2ccc3c(c2)-c2n[nH]c(=O)c4cccc(c24)O3)C1.O=c1[nH]nc2c3c(cccc13)Oc1ccc(CN3CCN(c4ncccn4)CC3)cc1-2. The number of anilines is 1. The monoisotopic (exact) mass is 1540 g/mol. The standard InChI is InChI=1S/C23H20N6O2.C22H24N4O3.C22H24N4O2.C20H17N3O3.CH4/c30-22-16-3-1-4-19-20(16)21(26-27-22)17-13-15(5-6-18(17)31-19)14-28-9-11-29(12-10-28)23-24-7-2-8-25-23;1-28-12-11-25-7-9-26(10-8-25)14-15-5-6-18-17(13-15)21-20-16(22(27)24-23-21)3-2-4-19(20)29-18;1-14(2)26-10-8-25(9-11-26)13-15-6-7-18-17(12-15)21-20-16(22(27)24-23-21)4-3-5-19(20)28-18;24-13-3-2-8-23(11-13)10-12-6-7-16-15(9-12)19-18-14(20(25)22-21-19)4-1-5-17(18)26-16;/h1-8,13H,9-12,14H2,(H,27,30);2-6,13H,7-12,14H2,1H3,(H,24,27);3-7,12,14H,8-11,13H2,1-2H3,(H,24,27);1,4-7,9H,2-3,8,10-11H2,(H,22,25);1H4. The molecule has 4 fully saturated rings. The van der Waals surface area contributed by atoms with E-state index >= 15 is 0 Å². The molecule has 0 bridgehead atoms. The third-order valence-corrected chi connectivity index (χ3v) is 22.6. The van der Waals surface area contributed by atoms with Gasteiger partial charge in [-0.2, -0.15) is 20.4 Å². The van der Waals surface area contributed by atoms with Crippen molar-refractivity contribution in [2.45, 2.75) is 66.3 Å². The number of aromatic amines is 4. The van der Waals surface area contributed by atoms with E-state index in [9.17, 15) is 24.0 Å². The first-order valence-corrected chi connectivity index (χ1v) is 39.0. The van der Waals surface area contributed by atoms with Crippen LogP contribution < -0.4 is 46.1 Å². The van der Waals surface area contributed by atoms with Crippen molar-refractivity contribution in [3.63, 3.8) is 0 Å². The topological polar surface area (TPSA) is 295 Å². The number of aromatic nitrogens is 10. The molecule has 4 saturated heterocycles. The van der Waals surface area contributed by atoms with Crippen molar-refractivity contribution in [1.29, 1.82) is 0 Å². The van der Waals surface area contributed by atoms with Gasteiger partial charge in [0.05, 0.1) is 56.2 Å². The Morgan fingerprint density at radius 1 is 0.391 bits per heavy atom. The van der Waals surface area contributed by atoms with E-state index in [-0.39, 0.29) is 29.7 Å². The molecule has 586 valence electrons. The summed E-state index contributed by atoms with van der Waals surface area (Å²) in [5, 5.41) is 33.3. The van der Waals surface area contributed by atoms with E-state index in [4.69, 9.17) is 23.7 Å². The fourth-order valence-corrected chi connectivity index (χ4v) is 16.6. The normalized spacial score (nSPS) is 16.2. The van der Waals surface area contributed by atoms with E-state index in [2.05, 4.69) is 135 Å². The smallest absolute Gasteiger partial charge is 0.272 e. The first-order valence-electron chi connectivity index (χ1n) is 39.0. The van der Waals surface area contributed by atoms with Crippen molar-refractivity contribution in [1.82, 2.24) is 80.2 Å². The highest BCUT2D eigenvalue weighted by atomic mass is 16.5. The molecule has 0 aliphatic carbocycles. The second-order valence-corrected chi connectivity index (χ2v) is 30.2. The van der Waals surface area contributed by atoms with E-state index < -0.39 is 0 Å². The molecule has 8 aliphatic heterocycles. The molecule has 5 aromatic heterocycles. The van der Waals surface area contributed by atoms with Gasteiger partial charge in [-0.1, -0.05) is 56.0 Å². The quantitative estimate of drug-likeness (QED) is 0.0834. The highest BCUT2D eigenvalue weighted by Gasteiger charge is 2.31. The molecule has 115 heavy (non-hydrogen) atoms. The molecule has 13 heterocycles. The van der Waals surface area contributed by atoms with Crippen molar-refractivity contribution >= 4 is 54.8 Å². The minimum absolute atomic E-state index is 0. The van der Waals surface area contributed by atoms with Crippen LogP contribution in [0.25, 0.3) is 88.1 Å². The summed E-state index contributed by atoms with van der Waals surface area (Å²) in [4.78, 5) is 85.7. The summed E-state index contributed by atoms with van der Waals surface area (Å²) in [6, 6.07) is 49.2. The third-order valence-electron chi connectivity index (χ3n) is 22.6. The number of carbonyl (C=O) groups excluding carboxylic acids is 1. The summed E-state index contributed by atoms with van der Waals surface area (Å²) in [5.41, 5.74) is 10.7. The van der Waals surface area contributed by atoms with Gasteiger partial charge in [-0.15, -0.1) is 0 Å². The fraction of sp³-hybridized carbons (Fsp3) is 0.307. The summed E-state index contributed by atoms with van der Waals surface area (Å²) in [7, 11) is 1.75. The average Bonchev–Trinajstić information content (AvgIpc) is 0.761. The number of piperazine rings is 3. The second-order valence-electron chi connectivity index (χ2n) is 30.2. The Kier molecular flexibility index (Phi) is 21.5. The summed E-state index contributed by atoms with van der Waals surface area (Å²) < 4.78 is 29.4. The highest BCUT2D eigenvalue weighted by Crippen LogP contribution is 2.49. The summed E-state index contributed by atoms with van der Waals surface area (Å²) in [6.07, 6.45) is 5.17. The van der Waals surface area contributed by atoms with Crippen LogP contribution in [0.5, 0.6) is 46.0 Å². The van der Waals surface area contributed by atoms with Crippen LogP contribution in [0.2, 0.25) is 0 Å². The van der Waals surface area contributed by atoms with E-state index in [0.717, 1.165) is 225 Å². The molecule has 0 amide bonds. The summed E-state index contributed by atoms with van der Waals surface area (Å²) >= 11 is 0. The molecule has 8 aliphatic rings. The minimum Gasteiger partial charge on any atom is -0.456 e. The zero-order valence-electron chi connectivity index (χ0n) is 63.6. The van der Waals surface area contributed by atoms with Crippen LogP contribution in [-0.4, -0.2) is 204 Å². The number of hydrogen-bond acceptors (Lipinski definition) is 23. The van der Waals surface area contributed by atoms with Crippen molar-refractivity contribution in [3.8, 4) is 91.0 Å². The Morgan fingerprint density at radius 2 is 0.730 bits per heavy atom. The highest BCUT2D eigenvalue weighted by molar-refractivity contribution is 6.05. The van der Waals surface area contributed by atoms with Gasteiger partial charge >= 0.3 is 0 Å². The second kappa shape index (κ2) is 32.7. The lowest BCUT2D eigenvalue weighted by molar-refractivity contribution is -0.122. The molecule has 13 aromatic rings. The van der Waals surface area contributed by atoms with Crippen molar-refractivity contribution in [2.24, 2.45) is 0 Å². The van der Waals surface area contributed by atoms with Gasteiger partial charge in [0.15, 0.2) is 0 Å². The number of hydrogen-bond donors (Lipinski definition) is 4. The van der Waals surface area contributed by atoms with Crippen LogP contribution >= 0.6 is 0 Å². The fourth-order valence-electron chi connectivity index (χ4n) is 16.6. The van der Waals surface area contributed by atoms with E-state index in [0.29, 0.717) is 75.9 Å². The lowest BCUT2D eigenvalue weighted by Gasteiger charge is -2.37. The number of likely N-dealkylation sites (tertiary alicyclic amines) is 1. The van der Waals surface area contributed by atoms with Crippen LogP contribution in [0.3, 0.4) is 0 Å². The molecule has 27 nitrogen and oxygen atoms in total. The van der Waals surface area contributed by atoms with Gasteiger partial charge in [0.2, 0.25) is 5.95 Å². The maximum Gasteiger partial charge on any atom is 0.272 e. The van der Waals surface area contributed by atoms with Gasteiger partial charge in [-0.05, 0) is 152 Å². The lowest BCUT2D eigenvalue weighted by Crippen LogP contribution is -2.48. The molecule has 0 spiro atoms. The first-order chi connectivity index (χ1) is 55.8. The molecule has 21 rings (SSSR count). The van der Waals surface area contributed by atoms with Crippen LogP contribution in [0.15, 0.2) is 183 Å². The number of H-pyrrole nitrogens is 4. The Bertz CT molecular complexity index is 6110. The van der Waals surface area contributed by atoms with Crippen molar-refractivity contribution in [2.75, 3.05) is 117 Å². The number of nitrogens with zero attached hydrogens (tertiary/aromatic N) is 13. The van der Waals surface area contributed by atoms with Crippen molar-refractivity contribution < 1.29 is 28.5 Å². The molecule has 0 atom stereocenters. The number of ether oxygens (including phenoxy) is 5. The van der Waals surface area contributed by atoms with Crippen molar-refractivity contribution in [3.05, 3.63) is 228 Å². The van der Waals surface area contributed by atoms with Gasteiger partial charge in [-0.3, -0.25) is 53.4 Å². The molecule has 0 saturated carbocycles. The number of benzene rings is 8. The largest absolute Gasteiger partial charge is 0.456 e. The predicted molar refractivity (Wildman–Crippen MR) is 443 cm³/mol. The molecule has 0 radical (unpaired) electrons. The maximum absolute atomic E-state index is 12.2. The van der Waals surface area contributed by atoms with Gasteiger partial charge in [-0.25, -0.2) is 30.4 Å². The molecular formula is C88H89N17O10. The van der Waals surface area contributed by atoms with Crippen LogP contribution in [0.1, 0.15) is 56.4 Å². The first kappa shape index (κ1) is 75.5. The predicted octanol–water partition coefficient (Wildman–Crippen LogP) is 12.0. The Balaban J connectivity index is 0.000000110. The number of rotatable bonds is 13. The number of piperidine rings is 1. The molecule has 4 N–H and O–H groups in total. The Labute approximate surface area is 662 Å². The van der Waals surface area contributed by atoms with Gasteiger partial charge < -0.3 is 28.6 Å². The number of nitrogens with one attached hydrogen (secondary N) is 4. The molecule has 0 unspecified atom stereocenters. The zero-order valence-corrected chi connectivity index (χ0v) is 63.6. The number of Topliss-reactive ketones (excluding diaryl/α,β-unsaturated/α-hetero) is 1. The number of carbonyl (C=O) groups is 1. The van der Waals surface area contributed by atoms with Crippen LogP contribution in [-0.2, 0) is 35.7 Å². The number of ketones is 1. The summed E-state index contributed by atoms with van der Waals surface area (Å²) in [6.45, 7) is 23.4. The average molecular weight is 1540 g/mol. The van der Waals surface area contributed by atoms with Crippen LogP contribution in [0.4, 0.5) is 5.95 Å².